The summed E-state index contributed by atoms with van der Waals surface area (Å²) >= 11 is 0. The Labute approximate surface area is 127 Å². The van der Waals surface area contributed by atoms with E-state index in [0.29, 0.717) is 6.61 Å². The molecule has 21 heavy (non-hydrogen) atoms. The first-order valence-electron chi connectivity index (χ1n) is 7.61. The minimum atomic E-state index is -0.847. The van der Waals surface area contributed by atoms with Gasteiger partial charge in [0.1, 0.15) is 0 Å². The van der Waals surface area contributed by atoms with Crippen molar-refractivity contribution < 1.29 is 19.4 Å². The highest BCUT2D eigenvalue weighted by atomic mass is 16.5. The highest BCUT2D eigenvalue weighted by Gasteiger charge is 2.79. The van der Waals surface area contributed by atoms with Crippen LogP contribution >= 0.6 is 0 Å². The van der Waals surface area contributed by atoms with Crippen LogP contribution in [0, 0.1) is 22.2 Å². The molecule has 0 bridgehead atoms. The van der Waals surface area contributed by atoms with Crippen LogP contribution in [0.15, 0.2) is 12.2 Å². The van der Waals surface area contributed by atoms with E-state index in [1.54, 1.807) is 6.08 Å². The number of allylic oxidation sites excluding steroid dienone is 1. The van der Waals surface area contributed by atoms with Crippen LogP contribution in [0.25, 0.3) is 0 Å². The Kier molecular flexibility index (Phi) is 4.91. The molecule has 0 aromatic rings. The molecule has 1 saturated carbocycles. The molecule has 1 aliphatic rings. The molecular weight excluding hydrogens is 268 g/mol. The average Bonchev–Trinajstić information content (AvgIpc) is 2.84. The molecule has 4 nitrogen and oxygen atoms in total. The van der Waals surface area contributed by atoms with Gasteiger partial charge in [0.2, 0.25) is 0 Å². The summed E-state index contributed by atoms with van der Waals surface area (Å²) in [5.41, 5.74) is -1.61. The summed E-state index contributed by atoms with van der Waals surface area (Å²) < 4.78 is 5.07. The van der Waals surface area contributed by atoms with Crippen LogP contribution in [0.1, 0.15) is 54.4 Å². The van der Waals surface area contributed by atoms with Gasteiger partial charge in [0.15, 0.2) is 0 Å². The number of carbonyl (C=O) groups excluding carboxylic acids is 1. The van der Waals surface area contributed by atoms with Gasteiger partial charge in [0.05, 0.1) is 12.0 Å². The number of aliphatic carboxylic acids is 1. The zero-order valence-corrected chi connectivity index (χ0v) is 14.0. The number of carboxylic acid groups (broad SMARTS) is 1. The highest BCUT2D eigenvalue weighted by molar-refractivity contribution is 5.85. The fourth-order valence-electron chi connectivity index (χ4n) is 3.89. The molecule has 0 aliphatic heterocycles. The van der Waals surface area contributed by atoms with E-state index in [-0.39, 0.29) is 22.7 Å². The number of esters is 1. The first-order valence-corrected chi connectivity index (χ1v) is 7.61. The minimum Gasteiger partial charge on any atom is -0.481 e. The molecule has 0 spiro atoms. The summed E-state index contributed by atoms with van der Waals surface area (Å²) in [5, 5.41) is 9.73. The van der Waals surface area contributed by atoms with Crippen LogP contribution in [0.3, 0.4) is 0 Å². The Bertz CT molecular complexity index is 442. The van der Waals surface area contributed by atoms with Crippen LogP contribution in [0.2, 0.25) is 0 Å². The second-order valence-corrected chi connectivity index (χ2v) is 7.44. The molecule has 0 heterocycles. The van der Waals surface area contributed by atoms with Gasteiger partial charge in [-0.25, -0.2) is 4.79 Å². The summed E-state index contributed by atoms with van der Waals surface area (Å²) in [7, 11) is 0. The van der Waals surface area contributed by atoms with Gasteiger partial charge in [-0.2, -0.15) is 0 Å². The molecule has 0 aromatic heterocycles. The molecule has 120 valence electrons. The number of unbranched alkanes of at least 4 members (excludes halogenated alkanes) is 1. The molecule has 0 amide bonds. The van der Waals surface area contributed by atoms with E-state index in [9.17, 15) is 14.7 Å². The van der Waals surface area contributed by atoms with Gasteiger partial charge in [0.25, 0.3) is 0 Å². The summed E-state index contributed by atoms with van der Waals surface area (Å²) in [4.78, 5) is 23.5. The van der Waals surface area contributed by atoms with Crippen LogP contribution < -0.4 is 0 Å². The van der Waals surface area contributed by atoms with E-state index >= 15 is 0 Å². The van der Waals surface area contributed by atoms with Gasteiger partial charge in [-0.15, -0.1) is 0 Å². The van der Waals surface area contributed by atoms with E-state index in [2.05, 4.69) is 0 Å². The van der Waals surface area contributed by atoms with Crippen LogP contribution in [0.5, 0.6) is 0 Å². The lowest BCUT2D eigenvalue weighted by molar-refractivity contribution is -0.150. The van der Waals surface area contributed by atoms with E-state index in [1.807, 2.05) is 41.5 Å². The Morgan fingerprint density at radius 3 is 2.24 bits per heavy atom. The Morgan fingerprint density at radius 1 is 1.29 bits per heavy atom. The Balaban J connectivity index is 2.85. The van der Waals surface area contributed by atoms with Crippen molar-refractivity contribution in [2.45, 2.75) is 54.4 Å². The summed E-state index contributed by atoms with van der Waals surface area (Å²) in [6.45, 7) is 12.2. The van der Waals surface area contributed by atoms with Crippen LogP contribution in [0.4, 0.5) is 0 Å². The van der Waals surface area contributed by atoms with Crippen molar-refractivity contribution in [3.63, 3.8) is 0 Å². The monoisotopic (exact) mass is 296 g/mol. The van der Waals surface area contributed by atoms with E-state index in [0.717, 1.165) is 12.8 Å². The summed E-state index contributed by atoms with van der Waals surface area (Å²) in [6.07, 6.45) is 4.92. The summed E-state index contributed by atoms with van der Waals surface area (Å²) in [5.74, 6) is -1.35. The van der Waals surface area contributed by atoms with E-state index < -0.39 is 11.4 Å². The summed E-state index contributed by atoms with van der Waals surface area (Å²) in [6, 6.07) is 0. The predicted octanol–water partition coefficient (Wildman–Crippen LogP) is 3.66. The number of ether oxygens (including phenoxy) is 1. The van der Waals surface area contributed by atoms with Gasteiger partial charge in [-0.1, -0.05) is 54.0 Å². The average molecular weight is 296 g/mol. The zero-order valence-electron chi connectivity index (χ0n) is 14.0. The van der Waals surface area contributed by atoms with Crippen molar-refractivity contribution >= 4 is 11.9 Å². The molecule has 0 saturated heterocycles. The quantitative estimate of drug-likeness (QED) is 0.461. The number of rotatable bonds is 6. The zero-order chi connectivity index (χ0) is 16.5. The van der Waals surface area contributed by atoms with Crippen molar-refractivity contribution in [1.82, 2.24) is 0 Å². The number of carboxylic acids is 1. The Hall–Kier alpha value is -1.32. The standard InChI is InChI=1S/C17H28O4/c1-7-8-11-21-13(18)10-9-12-16(5,6)17(12,14(19)20)15(2,3)4/h9-10,12H,7-8,11H2,1-6H3,(H,19,20)/t12-,17+/m0/s1. The van der Waals surface area contributed by atoms with Gasteiger partial charge >= 0.3 is 11.9 Å². The molecule has 1 N–H and O–H groups in total. The number of hydrogen-bond donors (Lipinski definition) is 1. The van der Waals surface area contributed by atoms with Gasteiger partial charge in [0, 0.05) is 12.0 Å². The second kappa shape index (κ2) is 5.82. The maximum Gasteiger partial charge on any atom is 0.330 e. The SMILES string of the molecule is CCCCOC(=O)C=C[C@H]1C(C)(C)[C@]1(C(=O)O)C(C)(C)C. The molecule has 1 rings (SSSR count). The fraction of sp³-hybridized carbons (Fsp3) is 0.765. The third kappa shape index (κ3) is 2.85. The van der Waals surface area contributed by atoms with E-state index in [4.69, 9.17) is 4.74 Å². The second-order valence-electron chi connectivity index (χ2n) is 7.44. The molecule has 4 heteroatoms. The minimum absolute atomic E-state index is 0.166. The molecule has 0 unspecified atom stereocenters. The van der Waals surface area contributed by atoms with Crippen LogP contribution in [-0.4, -0.2) is 23.7 Å². The molecule has 1 fully saturated rings. The maximum absolute atomic E-state index is 11.9. The first-order chi connectivity index (χ1) is 9.53. The van der Waals surface area contributed by atoms with Crippen LogP contribution in [-0.2, 0) is 14.3 Å². The normalized spacial score (nSPS) is 27.6. The maximum atomic E-state index is 11.9. The van der Waals surface area contributed by atoms with Gasteiger partial charge in [-0.05, 0) is 17.3 Å². The number of carbonyl (C=O) groups is 2. The molecule has 1 aliphatic carbocycles. The third-order valence-corrected chi connectivity index (χ3v) is 4.86. The van der Waals surface area contributed by atoms with Crippen molar-refractivity contribution in [3.05, 3.63) is 12.2 Å². The topological polar surface area (TPSA) is 63.6 Å². The fourth-order valence-corrected chi connectivity index (χ4v) is 3.89. The molecule has 0 aromatic carbocycles. The molecule has 2 atom stereocenters. The van der Waals surface area contributed by atoms with Crippen molar-refractivity contribution in [2.75, 3.05) is 6.61 Å². The van der Waals surface area contributed by atoms with E-state index in [1.165, 1.54) is 6.08 Å². The van der Waals surface area contributed by atoms with Crippen molar-refractivity contribution in [2.24, 2.45) is 22.2 Å². The smallest absolute Gasteiger partial charge is 0.330 e. The first kappa shape index (κ1) is 17.7. The third-order valence-electron chi connectivity index (χ3n) is 4.86. The lowest BCUT2D eigenvalue weighted by Gasteiger charge is -2.30. The predicted molar refractivity (Wildman–Crippen MR) is 81.8 cm³/mol. The lowest BCUT2D eigenvalue weighted by Crippen LogP contribution is -2.35. The van der Waals surface area contributed by atoms with Crippen molar-refractivity contribution in [1.29, 1.82) is 0 Å². The molecule has 0 radical (unpaired) electrons. The van der Waals surface area contributed by atoms with Crippen molar-refractivity contribution in [3.8, 4) is 0 Å². The van der Waals surface area contributed by atoms with Gasteiger partial charge in [-0.3, -0.25) is 4.79 Å². The number of hydrogen-bond acceptors (Lipinski definition) is 3. The molecular formula is C17H28O4. The van der Waals surface area contributed by atoms with Gasteiger partial charge < -0.3 is 9.84 Å². The Morgan fingerprint density at radius 2 is 1.86 bits per heavy atom. The largest absolute Gasteiger partial charge is 0.481 e. The lowest BCUT2D eigenvalue weighted by atomic mass is 9.72. The highest BCUT2D eigenvalue weighted by Crippen LogP contribution is 2.76.